The van der Waals surface area contributed by atoms with Crippen molar-refractivity contribution in [3.63, 3.8) is 0 Å². The van der Waals surface area contributed by atoms with E-state index in [0.717, 1.165) is 40.9 Å². The Bertz CT molecular complexity index is 1490. The van der Waals surface area contributed by atoms with E-state index in [-0.39, 0.29) is 29.8 Å². The Balaban J connectivity index is 0.00000241. The highest BCUT2D eigenvalue weighted by atomic mass is 35.5. The number of rotatable bonds is 2. The van der Waals surface area contributed by atoms with E-state index in [4.69, 9.17) is 16.3 Å². The Hall–Kier alpha value is -2.87. The summed E-state index contributed by atoms with van der Waals surface area (Å²) in [5.74, 6) is 1.05. The SMILES string of the molecule is Cc1cc2c(cc1C(=O)N1Cc3cccc(Cl)c3C1)[nH]c(=O)c1cnc(C3CCOCC3)n12.Cl. The van der Waals surface area contributed by atoms with Crippen molar-refractivity contribution in [3.8, 4) is 0 Å². The summed E-state index contributed by atoms with van der Waals surface area (Å²) in [5.41, 5.74) is 5.30. The molecule has 0 unspecified atom stereocenters. The molecule has 2 aromatic heterocycles. The number of nitrogens with zero attached hydrogens (tertiary/aromatic N) is 3. The van der Waals surface area contributed by atoms with E-state index < -0.39 is 0 Å². The molecular weight excluding hydrogens is 475 g/mol. The average molecular weight is 499 g/mol. The number of nitrogens with one attached hydrogen (secondary N) is 1. The minimum absolute atomic E-state index is 0. The monoisotopic (exact) mass is 498 g/mol. The number of aryl methyl sites for hydroxylation is 1. The molecule has 0 radical (unpaired) electrons. The van der Waals surface area contributed by atoms with Gasteiger partial charge in [-0.2, -0.15) is 0 Å². The lowest BCUT2D eigenvalue weighted by Crippen LogP contribution is -2.26. The lowest BCUT2D eigenvalue weighted by Gasteiger charge is -2.22. The van der Waals surface area contributed by atoms with E-state index in [2.05, 4.69) is 9.97 Å². The molecule has 0 aliphatic carbocycles. The number of aromatic amines is 1. The lowest BCUT2D eigenvalue weighted by atomic mass is 9.99. The molecule has 4 heterocycles. The van der Waals surface area contributed by atoms with Crippen molar-refractivity contribution in [1.29, 1.82) is 0 Å². The maximum absolute atomic E-state index is 13.5. The summed E-state index contributed by atoms with van der Waals surface area (Å²) in [7, 11) is 0. The highest BCUT2D eigenvalue weighted by Crippen LogP contribution is 2.32. The molecule has 1 fully saturated rings. The minimum Gasteiger partial charge on any atom is -0.381 e. The molecule has 1 saturated heterocycles. The van der Waals surface area contributed by atoms with Crippen molar-refractivity contribution in [1.82, 2.24) is 19.3 Å². The Morgan fingerprint density at radius 2 is 1.97 bits per heavy atom. The fraction of sp³-hybridized carbons (Fsp3) is 0.320. The zero-order chi connectivity index (χ0) is 22.7. The number of carbonyl (C=O) groups excluding carboxylic acids is 1. The standard InChI is InChI=1S/C25H23ClN4O3.ClH/c1-14-9-21-20(10-17(14)25(32)29-12-16-3-2-4-19(26)18(16)13-29)28-24(31)22-11-27-23(30(21)22)15-5-7-33-8-6-15;/h2-4,9-11,15H,5-8,12-13H2,1H3,(H,28,31);1H. The van der Waals surface area contributed by atoms with Gasteiger partial charge in [0.25, 0.3) is 11.5 Å². The van der Waals surface area contributed by atoms with Crippen molar-refractivity contribution in [2.45, 2.75) is 38.8 Å². The maximum atomic E-state index is 13.5. The third kappa shape index (κ3) is 3.59. The lowest BCUT2D eigenvalue weighted by molar-refractivity contribution is 0.0750. The van der Waals surface area contributed by atoms with Crippen LogP contribution in [0.1, 0.15) is 51.6 Å². The summed E-state index contributed by atoms with van der Waals surface area (Å²) in [6.45, 7) is 4.33. The molecule has 6 rings (SSSR count). The van der Waals surface area contributed by atoms with E-state index in [1.165, 1.54) is 0 Å². The van der Waals surface area contributed by atoms with Gasteiger partial charge in [0.15, 0.2) is 0 Å². The number of aromatic nitrogens is 3. The van der Waals surface area contributed by atoms with Crippen LogP contribution in [0.15, 0.2) is 41.3 Å². The Morgan fingerprint density at radius 1 is 1.18 bits per heavy atom. The number of carbonyl (C=O) groups is 1. The second-order valence-electron chi connectivity index (χ2n) is 8.90. The van der Waals surface area contributed by atoms with Crippen LogP contribution in [-0.2, 0) is 17.8 Å². The zero-order valence-corrected chi connectivity index (χ0v) is 20.2. The van der Waals surface area contributed by atoms with E-state index in [1.54, 1.807) is 17.2 Å². The number of ether oxygens (including phenoxy) is 1. The molecule has 1 amide bonds. The third-order valence-corrected chi connectivity index (χ3v) is 7.24. The first kappa shape index (κ1) is 22.9. The summed E-state index contributed by atoms with van der Waals surface area (Å²) in [6, 6.07) is 9.55. The minimum atomic E-state index is -0.212. The van der Waals surface area contributed by atoms with Crippen molar-refractivity contribution >= 4 is 46.5 Å². The van der Waals surface area contributed by atoms with Crippen molar-refractivity contribution < 1.29 is 9.53 Å². The molecule has 2 aliphatic heterocycles. The summed E-state index contributed by atoms with van der Waals surface area (Å²) < 4.78 is 7.46. The predicted molar refractivity (Wildman–Crippen MR) is 133 cm³/mol. The van der Waals surface area contributed by atoms with Gasteiger partial charge in [-0.05, 0) is 54.7 Å². The number of fused-ring (bicyclic) bond motifs is 4. The van der Waals surface area contributed by atoms with Crippen molar-refractivity contribution in [2.75, 3.05) is 13.2 Å². The smallest absolute Gasteiger partial charge is 0.274 e. The summed E-state index contributed by atoms with van der Waals surface area (Å²) in [5, 5.41) is 0.686. The Kier molecular flexibility index (Phi) is 5.88. The normalized spacial score (nSPS) is 16.1. The van der Waals surface area contributed by atoms with Gasteiger partial charge >= 0.3 is 0 Å². The van der Waals surface area contributed by atoms with Crippen LogP contribution in [0.2, 0.25) is 5.02 Å². The molecule has 4 aromatic rings. The molecule has 2 aromatic carbocycles. The number of H-pyrrole nitrogens is 1. The molecule has 0 spiro atoms. The fourth-order valence-electron chi connectivity index (χ4n) is 5.11. The van der Waals surface area contributed by atoms with Gasteiger partial charge in [0.1, 0.15) is 11.3 Å². The van der Waals surface area contributed by atoms with Gasteiger partial charge in [-0.15, -0.1) is 12.4 Å². The van der Waals surface area contributed by atoms with Crippen LogP contribution in [0, 0.1) is 6.92 Å². The number of hydrogen-bond acceptors (Lipinski definition) is 4. The summed E-state index contributed by atoms with van der Waals surface area (Å²) in [4.78, 5) is 35.7. The van der Waals surface area contributed by atoms with E-state index in [0.29, 0.717) is 47.9 Å². The molecule has 0 atom stereocenters. The largest absolute Gasteiger partial charge is 0.381 e. The third-order valence-electron chi connectivity index (χ3n) is 6.88. The van der Waals surface area contributed by atoms with Gasteiger partial charge < -0.3 is 14.6 Å². The van der Waals surface area contributed by atoms with E-state index >= 15 is 0 Å². The van der Waals surface area contributed by atoms with E-state index in [1.807, 2.05) is 35.6 Å². The first-order valence-corrected chi connectivity index (χ1v) is 11.6. The van der Waals surface area contributed by atoms with Gasteiger partial charge in [0.05, 0.1) is 17.2 Å². The van der Waals surface area contributed by atoms with E-state index in [9.17, 15) is 9.59 Å². The summed E-state index contributed by atoms with van der Waals surface area (Å²) >= 11 is 6.34. The Labute approximate surface area is 207 Å². The van der Waals surface area contributed by atoms with Gasteiger partial charge in [0, 0.05) is 42.8 Å². The first-order valence-electron chi connectivity index (χ1n) is 11.2. The quantitative estimate of drug-likeness (QED) is 0.437. The van der Waals surface area contributed by atoms with Gasteiger partial charge in [-0.3, -0.25) is 14.0 Å². The number of benzene rings is 2. The number of imidazole rings is 1. The molecule has 1 N–H and O–H groups in total. The molecule has 0 bridgehead atoms. The number of halogens is 2. The molecule has 2 aliphatic rings. The van der Waals surface area contributed by atoms with Crippen molar-refractivity contribution in [2.24, 2.45) is 0 Å². The molecule has 7 nitrogen and oxygen atoms in total. The van der Waals surface area contributed by atoms with Crippen LogP contribution in [0.25, 0.3) is 16.6 Å². The highest BCUT2D eigenvalue weighted by Gasteiger charge is 2.28. The average Bonchev–Trinajstić information content (AvgIpc) is 3.46. The molecule has 34 heavy (non-hydrogen) atoms. The van der Waals surface area contributed by atoms with Crippen LogP contribution < -0.4 is 5.56 Å². The molecule has 9 heteroatoms. The molecular formula is C25H24Cl2N4O3. The topological polar surface area (TPSA) is 79.7 Å². The predicted octanol–water partition coefficient (Wildman–Crippen LogP) is 4.61. The van der Waals surface area contributed by atoms with Crippen LogP contribution in [-0.4, -0.2) is 38.4 Å². The van der Waals surface area contributed by atoms with Crippen LogP contribution in [0.3, 0.4) is 0 Å². The van der Waals surface area contributed by atoms with Crippen LogP contribution in [0.5, 0.6) is 0 Å². The number of amides is 1. The maximum Gasteiger partial charge on any atom is 0.274 e. The second-order valence-corrected chi connectivity index (χ2v) is 9.31. The molecule has 0 saturated carbocycles. The highest BCUT2D eigenvalue weighted by molar-refractivity contribution is 6.31. The Morgan fingerprint density at radius 3 is 2.74 bits per heavy atom. The van der Waals surface area contributed by atoms with Crippen molar-refractivity contribution in [3.05, 3.63) is 80.0 Å². The van der Waals surface area contributed by atoms with Gasteiger partial charge in [0.2, 0.25) is 0 Å². The molecule has 176 valence electrons. The van der Waals surface area contributed by atoms with Crippen LogP contribution >= 0.6 is 24.0 Å². The zero-order valence-electron chi connectivity index (χ0n) is 18.6. The summed E-state index contributed by atoms with van der Waals surface area (Å²) in [6.07, 6.45) is 3.39. The second kappa shape index (κ2) is 8.73. The fourth-order valence-corrected chi connectivity index (χ4v) is 5.37. The van der Waals surface area contributed by atoms with Crippen LogP contribution in [0.4, 0.5) is 0 Å². The first-order chi connectivity index (χ1) is 16.0. The number of hydrogen-bond donors (Lipinski definition) is 1. The van der Waals surface area contributed by atoms with Gasteiger partial charge in [-0.1, -0.05) is 23.7 Å². The van der Waals surface area contributed by atoms with Gasteiger partial charge in [-0.25, -0.2) is 4.98 Å².